The molecule has 0 saturated carbocycles. The van der Waals surface area contributed by atoms with E-state index >= 15 is 0 Å². The van der Waals surface area contributed by atoms with Gasteiger partial charge in [0.2, 0.25) is 11.8 Å². The summed E-state index contributed by atoms with van der Waals surface area (Å²) in [5.74, 6) is -0.266. The highest BCUT2D eigenvalue weighted by Crippen LogP contribution is 1.90. The van der Waals surface area contributed by atoms with E-state index in [9.17, 15) is 9.59 Å². The van der Waals surface area contributed by atoms with Crippen LogP contribution in [0.4, 0.5) is 0 Å². The molecule has 0 spiro atoms. The van der Waals surface area contributed by atoms with E-state index in [1.165, 1.54) is 6.92 Å². The van der Waals surface area contributed by atoms with Gasteiger partial charge in [0.1, 0.15) is 6.04 Å². The minimum Gasteiger partial charge on any atom is -0.354 e. The van der Waals surface area contributed by atoms with Crippen molar-refractivity contribution in [3.8, 4) is 0 Å². The molecule has 0 aromatic rings. The maximum atomic E-state index is 11.3. The van der Waals surface area contributed by atoms with Crippen molar-refractivity contribution in [2.45, 2.75) is 39.7 Å². The number of amides is 2. The lowest BCUT2D eigenvalue weighted by molar-refractivity contribution is -0.128. The maximum absolute atomic E-state index is 11.3. The predicted molar refractivity (Wildman–Crippen MR) is 51.2 cm³/mol. The number of hydrogen-bond donors (Lipinski definition) is 2. The first kappa shape index (κ1) is 11.9. The van der Waals surface area contributed by atoms with E-state index in [-0.39, 0.29) is 17.9 Å². The molecule has 0 aromatic heterocycles. The van der Waals surface area contributed by atoms with Gasteiger partial charge in [-0.3, -0.25) is 9.59 Å². The fraction of sp³-hybridized carbons (Fsp3) is 0.778. The largest absolute Gasteiger partial charge is 0.354 e. The molecule has 13 heavy (non-hydrogen) atoms. The molecular formula is C9H18N2O2. The Morgan fingerprint density at radius 1 is 1.31 bits per heavy atom. The summed E-state index contributed by atoms with van der Waals surface area (Å²) in [7, 11) is 0. The summed E-state index contributed by atoms with van der Waals surface area (Å²) in [6, 6.07) is -0.385. The standard InChI is InChI=1S/C9H18N2O2/c1-4-6-10-9(13)8(5-2)11-7(3)12/h8H,4-6H2,1-3H3,(H,10,13)(H,11,12)/t8-/m0/s1. The first-order valence-electron chi connectivity index (χ1n) is 4.66. The van der Waals surface area contributed by atoms with Crippen LogP contribution >= 0.6 is 0 Å². The molecule has 0 aliphatic carbocycles. The summed E-state index contributed by atoms with van der Waals surface area (Å²) in [4.78, 5) is 22.0. The maximum Gasteiger partial charge on any atom is 0.242 e. The highest BCUT2D eigenvalue weighted by Gasteiger charge is 2.15. The lowest BCUT2D eigenvalue weighted by Crippen LogP contribution is -2.45. The van der Waals surface area contributed by atoms with Gasteiger partial charge < -0.3 is 10.6 Å². The molecule has 0 radical (unpaired) electrons. The topological polar surface area (TPSA) is 58.2 Å². The Morgan fingerprint density at radius 2 is 1.92 bits per heavy atom. The van der Waals surface area contributed by atoms with Crippen LogP contribution in [0.3, 0.4) is 0 Å². The minimum absolute atomic E-state index is 0.0976. The average molecular weight is 186 g/mol. The Morgan fingerprint density at radius 3 is 2.31 bits per heavy atom. The lowest BCUT2D eigenvalue weighted by Gasteiger charge is -2.14. The molecule has 4 heteroatoms. The molecular weight excluding hydrogens is 168 g/mol. The molecule has 2 amide bonds. The highest BCUT2D eigenvalue weighted by atomic mass is 16.2. The number of nitrogens with one attached hydrogen (secondary N) is 2. The first-order chi connectivity index (χ1) is 6.11. The van der Waals surface area contributed by atoms with E-state index in [4.69, 9.17) is 0 Å². The Bertz CT molecular complexity index is 180. The zero-order chi connectivity index (χ0) is 10.3. The molecule has 0 aliphatic heterocycles. The van der Waals surface area contributed by atoms with E-state index < -0.39 is 0 Å². The van der Waals surface area contributed by atoms with Crippen molar-refractivity contribution >= 4 is 11.8 Å². The molecule has 0 rings (SSSR count). The fourth-order valence-corrected chi connectivity index (χ4v) is 0.970. The van der Waals surface area contributed by atoms with Gasteiger partial charge in [-0.05, 0) is 12.8 Å². The molecule has 0 saturated heterocycles. The normalized spacial score (nSPS) is 11.9. The Labute approximate surface area is 79.1 Å². The van der Waals surface area contributed by atoms with Crippen LogP contribution in [0.15, 0.2) is 0 Å². The van der Waals surface area contributed by atoms with Crippen LogP contribution in [-0.2, 0) is 9.59 Å². The van der Waals surface area contributed by atoms with Gasteiger partial charge in [0, 0.05) is 13.5 Å². The average Bonchev–Trinajstić information content (AvgIpc) is 2.09. The number of carbonyl (C=O) groups excluding carboxylic acids is 2. The predicted octanol–water partition coefficient (Wildman–Crippen LogP) is 0.427. The van der Waals surface area contributed by atoms with Crippen LogP contribution in [0.1, 0.15) is 33.6 Å². The van der Waals surface area contributed by atoms with Crippen LogP contribution in [0.5, 0.6) is 0 Å². The van der Waals surface area contributed by atoms with Gasteiger partial charge in [-0.1, -0.05) is 13.8 Å². The zero-order valence-electron chi connectivity index (χ0n) is 8.52. The van der Waals surface area contributed by atoms with Crippen molar-refractivity contribution in [3.63, 3.8) is 0 Å². The van der Waals surface area contributed by atoms with Crippen LogP contribution in [0.25, 0.3) is 0 Å². The summed E-state index contributed by atoms with van der Waals surface area (Å²) in [5, 5.41) is 5.32. The first-order valence-corrected chi connectivity index (χ1v) is 4.66. The molecule has 2 N–H and O–H groups in total. The van der Waals surface area contributed by atoms with Gasteiger partial charge in [0.05, 0.1) is 0 Å². The third kappa shape index (κ3) is 5.22. The molecule has 0 aliphatic rings. The quantitative estimate of drug-likeness (QED) is 0.654. The summed E-state index contributed by atoms with van der Waals surface area (Å²) in [6.07, 6.45) is 1.53. The summed E-state index contributed by atoms with van der Waals surface area (Å²) < 4.78 is 0. The van der Waals surface area contributed by atoms with Crippen molar-refractivity contribution in [3.05, 3.63) is 0 Å². The second kappa shape index (κ2) is 6.46. The molecule has 0 bridgehead atoms. The molecule has 4 nitrogen and oxygen atoms in total. The molecule has 0 heterocycles. The van der Waals surface area contributed by atoms with Crippen LogP contribution < -0.4 is 10.6 Å². The van der Waals surface area contributed by atoms with Gasteiger partial charge >= 0.3 is 0 Å². The van der Waals surface area contributed by atoms with Gasteiger partial charge in [0.15, 0.2) is 0 Å². The van der Waals surface area contributed by atoms with E-state index in [0.29, 0.717) is 13.0 Å². The Hall–Kier alpha value is -1.06. The van der Waals surface area contributed by atoms with E-state index in [0.717, 1.165) is 6.42 Å². The summed E-state index contributed by atoms with van der Waals surface area (Å²) in [6.45, 7) is 5.93. The minimum atomic E-state index is -0.385. The number of carbonyl (C=O) groups is 2. The molecule has 1 atom stereocenters. The monoisotopic (exact) mass is 186 g/mol. The Kier molecular flexibility index (Phi) is 5.93. The van der Waals surface area contributed by atoms with Gasteiger partial charge in [-0.25, -0.2) is 0 Å². The molecule has 0 fully saturated rings. The van der Waals surface area contributed by atoms with Crippen LogP contribution in [-0.4, -0.2) is 24.4 Å². The van der Waals surface area contributed by atoms with Crippen LogP contribution in [0.2, 0.25) is 0 Å². The molecule has 0 aromatic carbocycles. The zero-order valence-corrected chi connectivity index (χ0v) is 8.52. The number of rotatable bonds is 5. The summed E-state index contributed by atoms with van der Waals surface area (Å²) in [5.41, 5.74) is 0. The smallest absolute Gasteiger partial charge is 0.242 e. The fourth-order valence-electron chi connectivity index (χ4n) is 0.970. The van der Waals surface area contributed by atoms with Crippen molar-refractivity contribution in [2.24, 2.45) is 0 Å². The van der Waals surface area contributed by atoms with Gasteiger partial charge in [-0.15, -0.1) is 0 Å². The third-order valence-electron chi connectivity index (χ3n) is 1.65. The SMILES string of the molecule is CCCNC(=O)[C@H](CC)NC(C)=O. The summed E-state index contributed by atoms with van der Waals surface area (Å²) >= 11 is 0. The van der Waals surface area contributed by atoms with E-state index in [2.05, 4.69) is 10.6 Å². The van der Waals surface area contributed by atoms with Crippen molar-refractivity contribution < 1.29 is 9.59 Å². The van der Waals surface area contributed by atoms with E-state index in [1.807, 2.05) is 13.8 Å². The van der Waals surface area contributed by atoms with E-state index in [1.54, 1.807) is 0 Å². The molecule has 76 valence electrons. The third-order valence-corrected chi connectivity index (χ3v) is 1.65. The van der Waals surface area contributed by atoms with Crippen LogP contribution in [0, 0.1) is 0 Å². The molecule has 0 unspecified atom stereocenters. The van der Waals surface area contributed by atoms with Crippen molar-refractivity contribution in [2.75, 3.05) is 6.54 Å². The lowest BCUT2D eigenvalue weighted by atomic mass is 10.2. The van der Waals surface area contributed by atoms with Gasteiger partial charge in [-0.2, -0.15) is 0 Å². The van der Waals surface area contributed by atoms with Crippen molar-refractivity contribution in [1.82, 2.24) is 10.6 Å². The highest BCUT2D eigenvalue weighted by molar-refractivity contribution is 5.86. The number of hydrogen-bond acceptors (Lipinski definition) is 2. The van der Waals surface area contributed by atoms with Crippen molar-refractivity contribution in [1.29, 1.82) is 0 Å². The second-order valence-corrected chi connectivity index (χ2v) is 2.95. The second-order valence-electron chi connectivity index (χ2n) is 2.95. The van der Waals surface area contributed by atoms with Gasteiger partial charge in [0.25, 0.3) is 0 Å². The Balaban J connectivity index is 3.92.